The first-order valence-corrected chi connectivity index (χ1v) is 9.93. The second-order valence-corrected chi connectivity index (χ2v) is 8.03. The molecule has 1 aliphatic rings. The number of hydrogen-bond acceptors (Lipinski definition) is 4. The van der Waals surface area contributed by atoms with Crippen molar-refractivity contribution in [2.45, 2.75) is 32.9 Å². The van der Waals surface area contributed by atoms with E-state index >= 15 is 0 Å². The van der Waals surface area contributed by atoms with Gasteiger partial charge in [-0.2, -0.15) is 0 Å². The topological polar surface area (TPSA) is 67.4 Å². The summed E-state index contributed by atoms with van der Waals surface area (Å²) in [4.78, 5) is 25.9. The van der Waals surface area contributed by atoms with Crippen LogP contribution in [0, 0.1) is 5.92 Å². The molecule has 29 heavy (non-hydrogen) atoms. The molecule has 0 aliphatic carbocycles. The first-order valence-electron chi connectivity index (χ1n) is 9.93. The Morgan fingerprint density at radius 1 is 1.14 bits per heavy atom. The molecule has 7 heteroatoms. The number of aryl methyl sites for hydroxylation is 1. The highest BCUT2D eigenvalue weighted by atomic mass is 16.5. The molecule has 0 N–H and O–H groups in total. The lowest BCUT2D eigenvalue weighted by Crippen LogP contribution is -2.37. The maximum atomic E-state index is 13.2. The minimum absolute atomic E-state index is 0.157. The lowest BCUT2D eigenvalue weighted by atomic mass is 10.0. The second kappa shape index (κ2) is 7.22. The Bertz CT molecular complexity index is 1180. The Morgan fingerprint density at radius 2 is 1.83 bits per heavy atom. The van der Waals surface area contributed by atoms with Crippen LogP contribution in [0.4, 0.5) is 0 Å². The molecule has 1 unspecified atom stereocenters. The molecular weight excluding hydrogens is 370 g/mol. The van der Waals surface area contributed by atoms with Gasteiger partial charge in [0.2, 0.25) is 0 Å². The van der Waals surface area contributed by atoms with Gasteiger partial charge in [-0.05, 0) is 42.2 Å². The normalized spacial score (nSPS) is 16.4. The minimum Gasteiger partial charge on any atom is -0.497 e. The van der Waals surface area contributed by atoms with Gasteiger partial charge >= 0.3 is 5.69 Å². The lowest BCUT2D eigenvalue weighted by Gasteiger charge is -2.28. The number of benzene rings is 1. The molecule has 0 spiro atoms. The van der Waals surface area contributed by atoms with E-state index in [9.17, 15) is 9.59 Å². The molecule has 1 aromatic carbocycles. The quantitative estimate of drug-likeness (QED) is 0.679. The maximum Gasteiger partial charge on any atom is 0.331 e. The second-order valence-electron chi connectivity index (χ2n) is 8.03. The molecule has 0 saturated carbocycles. The zero-order valence-corrected chi connectivity index (χ0v) is 17.6. The van der Waals surface area contributed by atoms with Crippen molar-refractivity contribution in [3.63, 3.8) is 0 Å². The third kappa shape index (κ3) is 3.00. The Kier molecular flexibility index (Phi) is 4.86. The van der Waals surface area contributed by atoms with Crippen LogP contribution >= 0.6 is 0 Å². The van der Waals surface area contributed by atoms with E-state index in [0.29, 0.717) is 30.0 Å². The summed E-state index contributed by atoms with van der Waals surface area (Å²) in [5.41, 5.74) is 2.75. The predicted molar refractivity (Wildman–Crippen MR) is 113 cm³/mol. The van der Waals surface area contributed by atoms with Crippen molar-refractivity contribution in [3.8, 4) is 17.0 Å². The minimum atomic E-state index is -0.328. The van der Waals surface area contributed by atoms with Crippen LogP contribution in [-0.2, 0) is 25.4 Å². The molecule has 0 radical (unpaired) electrons. The van der Waals surface area contributed by atoms with Gasteiger partial charge in [-0.1, -0.05) is 13.8 Å². The third-order valence-electron chi connectivity index (χ3n) is 5.69. The first-order chi connectivity index (χ1) is 13.8. The molecular formula is C22H27N3O4. The highest BCUT2D eigenvalue weighted by molar-refractivity contribution is 5.96. The summed E-state index contributed by atoms with van der Waals surface area (Å²) >= 11 is 0. The van der Waals surface area contributed by atoms with Crippen molar-refractivity contribution < 1.29 is 9.47 Å². The van der Waals surface area contributed by atoms with Crippen molar-refractivity contribution in [3.05, 3.63) is 50.8 Å². The summed E-state index contributed by atoms with van der Waals surface area (Å²) in [7, 11) is 4.88. The van der Waals surface area contributed by atoms with Crippen LogP contribution in [0.2, 0.25) is 0 Å². The fraction of sp³-hybridized carbons (Fsp3) is 0.455. The van der Waals surface area contributed by atoms with Gasteiger partial charge in [0, 0.05) is 20.6 Å². The summed E-state index contributed by atoms with van der Waals surface area (Å²) in [6, 6.07) is 7.69. The number of rotatable bonds is 4. The van der Waals surface area contributed by atoms with E-state index in [1.807, 2.05) is 24.3 Å². The summed E-state index contributed by atoms with van der Waals surface area (Å²) in [5, 5.41) is 0.564. The molecule has 1 atom stereocenters. The monoisotopic (exact) mass is 397 g/mol. The van der Waals surface area contributed by atoms with Gasteiger partial charge in [-0.3, -0.25) is 13.9 Å². The van der Waals surface area contributed by atoms with Crippen LogP contribution in [0.25, 0.3) is 22.2 Å². The molecule has 4 rings (SSSR count). The Morgan fingerprint density at radius 3 is 2.45 bits per heavy atom. The Balaban J connectivity index is 2.13. The molecule has 0 bridgehead atoms. The van der Waals surface area contributed by atoms with Crippen LogP contribution < -0.4 is 16.0 Å². The van der Waals surface area contributed by atoms with Gasteiger partial charge in [0.15, 0.2) is 0 Å². The van der Waals surface area contributed by atoms with Crippen molar-refractivity contribution in [2.75, 3.05) is 13.7 Å². The SMILES string of the molecule is COc1ccc(-c2c3c(=O)n(C)c(=O)n(C)c3c3n2CCOC3CC(C)C)cc1. The van der Waals surface area contributed by atoms with Gasteiger partial charge in [0.05, 0.1) is 42.1 Å². The van der Waals surface area contributed by atoms with Crippen LogP contribution in [0.1, 0.15) is 32.1 Å². The lowest BCUT2D eigenvalue weighted by molar-refractivity contribution is 0.00924. The largest absolute Gasteiger partial charge is 0.497 e. The standard InChI is InChI=1S/C22H27N3O4/c1-13(2)12-16-19-20-17(21(26)24(4)22(27)23(20)3)18(25(19)10-11-29-16)14-6-8-15(28-5)9-7-14/h6-9,13,16H,10-12H2,1-5H3. The van der Waals surface area contributed by atoms with Crippen LogP contribution in [-0.4, -0.2) is 27.4 Å². The third-order valence-corrected chi connectivity index (χ3v) is 5.69. The Labute approximate surface area is 169 Å². The average Bonchev–Trinajstić information content (AvgIpc) is 3.06. The molecule has 2 aromatic heterocycles. The maximum absolute atomic E-state index is 13.2. The molecule has 0 fully saturated rings. The van der Waals surface area contributed by atoms with E-state index in [1.54, 1.807) is 18.7 Å². The van der Waals surface area contributed by atoms with Gasteiger partial charge in [0.1, 0.15) is 5.75 Å². The molecule has 1 aliphatic heterocycles. The number of fused-ring (bicyclic) bond motifs is 3. The van der Waals surface area contributed by atoms with E-state index < -0.39 is 0 Å². The number of hydrogen-bond donors (Lipinski definition) is 0. The van der Waals surface area contributed by atoms with Crippen molar-refractivity contribution in [1.82, 2.24) is 13.7 Å². The van der Waals surface area contributed by atoms with E-state index in [1.165, 1.54) is 11.6 Å². The number of nitrogens with zero attached hydrogens (tertiary/aromatic N) is 3. The number of aromatic nitrogens is 3. The Hall–Kier alpha value is -2.80. The van der Waals surface area contributed by atoms with E-state index in [4.69, 9.17) is 9.47 Å². The molecule has 7 nitrogen and oxygen atoms in total. The fourth-order valence-electron chi connectivity index (χ4n) is 4.32. The molecule has 0 amide bonds. The molecule has 0 saturated heterocycles. The van der Waals surface area contributed by atoms with Crippen LogP contribution in [0.5, 0.6) is 5.75 Å². The van der Waals surface area contributed by atoms with Crippen molar-refractivity contribution in [1.29, 1.82) is 0 Å². The van der Waals surface area contributed by atoms with Crippen LogP contribution in [0.15, 0.2) is 33.9 Å². The molecule has 3 heterocycles. The predicted octanol–water partition coefficient (Wildman–Crippen LogP) is 2.83. The molecule has 3 aromatic rings. The highest BCUT2D eigenvalue weighted by Gasteiger charge is 2.32. The zero-order valence-electron chi connectivity index (χ0n) is 17.6. The van der Waals surface area contributed by atoms with E-state index in [0.717, 1.165) is 29.1 Å². The highest BCUT2D eigenvalue weighted by Crippen LogP contribution is 2.40. The number of methoxy groups -OCH3 is 1. The molecule has 154 valence electrons. The number of ether oxygens (including phenoxy) is 2. The van der Waals surface area contributed by atoms with Gasteiger partial charge in [-0.15, -0.1) is 0 Å². The van der Waals surface area contributed by atoms with E-state index in [-0.39, 0.29) is 17.4 Å². The van der Waals surface area contributed by atoms with Gasteiger partial charge in [0.25, 0.3) is 5.56 Å². The summed E-state index contributed by atoms with van der Waals surface area (Å²) in [6.07, 6.45) is 0.667. The first kappa shape index (κ1) is 19.5. The van der Waals surface area contributed by atoms with Crippen LogP contribution in [0.3, 0.4) is 0 Å². The average molecular weight is 397 g/mol. The summed E-state index contributed by atoms with van der Waals surface area (Å²) < 4.78 is 16.3. The van der Waals surface area contributed by atoms with Crippen molar-refractivity contribution in [2.24, 2.45) is 20.0 Å². The summed E-state index contributed by atoms with van der Waals surface area (Å²) in [5.74, 6) is 1.18. The summed E-state index contributed by atoms with van der Waals surface area (Å²) in [6.45, 7) is 5.51. The smallest absolute Gasteiger partial charge is 0.331 e. The van der Waals surface area contributed by atoms with E-state index in [2.05, 4.69) is 18.4 Å². The van der Waals surface area contributed by atoms with Gasteiger partial charge in [-0.25, -0.2) is 4.79 Å². The zero-order chi connectivity index (χ0) is 20.9. The van der Waals surface area contributed by atoms with Crippen molar-refractivity contribution >= 4 is 10.9 Å². The fourth-order valence-corrected chi connectivity index (χ4v) is 4.32. The van der Waals surface area contributed by atoms with Gasteiger partial charge < -0.3 is 14.0 Å².